The molecule has 1 aliphatic heterocycles. The normalized spacial score (nSPS) is 14.2. The Kier molecular flexibility index (Phi) is 6.06. The standard InChI is InChI=1S/C18H14F3N3O4S/c19-18(20,21)10-28-14-6-3-12(7-22-14)16(26)23-13-4-1-11(2-5-13)8-24-15(25)9-29-17(24)27/h1-7H,8-10H2,(H,23,26). The molecule has 152 valence electrons. The highest BCUT2D eigenvalue weighted by Gasteiger charge is 2.30. The van der Waals surface area contributed by atoms with Crippen LogP contribution >= 0.6 is 11.8 Å². The number of thioether (sulfide) groups is 1. The fraction of sp³-hybridized carbons (Fsp3) is 0.222. The van der Waals surface area contributed by atoms with Crippen molar-refractivity contribution in [2.75, 3.05) is 17.7 Å². The molecule has 0 saturated carbocycles. The van der Waals surface area contributed by atoms with E-state index in [0.717, 1.165) is 28.4 Å². The highest BCUT2D eigenvalue weighted by atomic mass is 32.2. The van der Waals surface area contributed by atoms with Gasteiger partial charge in [-0.2, -0.15) is 13.2 Å². The van der Waals surface area contributed by atoms with Crippen molar-refractivity contribution < 1.29 is 32.3 Å². The Morgan fingerprint density at radius 3 is 2.45 bits per heavy atom. The van der Waals surface area contributed by atoms with Crippen molar-refractivity contribution in [3.05, 3.63) is 53.7 Å². The number of nitrogens with zero attached hydrogens (tertiary/aromatic N) is 2. The molecule has 2 aromatic rings. The van der Waals surface area contributed by atoms with Gasteiger partial charge in [0.25, 0.3) is 11.1 Å². The minimum atomic E-state index is -4.47. The first-order valence-corrected chi connectivity index (χ1v) is 9.23. The Bertz CT molecular complexity index is 901. The van der Waals surface area contributed by atoms with Gasteiger partial charge in [0, 0.05) is 18.0 Å². The van der Waals surface area contributed by atoms with Crippen LogP contribution in [0.3, 0.4) is 0 Å². The summed E-state index contributed by atoms with van der Waals surface area (Å²) >= 11 is 0.957. The quantitative estimate of drug-likeness (QED) is 0.763. The highest BCUT2D eigenvalue weighted by molar-refractivity contribution is 8.14. The SMILES string of the molecule is O=C(Nc1ccc(CN2C(=O)CSC2=O)cc1)c1ccc(OCC(F)(F)F)nc1. The number of nitrogens with one attached hydrogen (secondary N) is 1. The first-order valence-electron chi connectivity index (χ1n) is 8.24. The van der Waals surface area contributed by atoms with Crippen LogP contribution in [0.1, 0.15) is 15.9 Å². The number of ether oxygens (including phenoxy) is 1. The summed E-state index contributed by atoms with van der Waals surface area (Å²) in [5, 5.41) is 2.33. The lowest BCUT2D eigenvalue weighted by Gasteiger charge is -2.13. The molecular weight excluding hydrogens is 411 g/mol. The topological polar surface area (TPSA) is 88.6 Å². The summed E-state index contributed by atoms with van der Waals surface area (Å²) in [7, 11) is 0. The van der Waals surface area contributed by atoms with Crippen molar-refractivity contribution >= 4 is 34.5 Å². The summed E-state index contributed by atoms with van der Waals surface area (Å²) in [6.45, 7) is -1.31. The largest absolute Gasteiger partial charge is 0.468 e. The van der Waals surface area contributed by atoms with Crippen molar-refractivity contribution in [1.82, 2.24) is 9.88 Å². The van der Waals surface area contributed by atoms with Gasteiger partial charge in [0.2, 0.25) is 11.8 Å². The average Bonchev–Trinajstić information content (AvgIpc) is 2.99. The number of anilines is 1. The van der Waals surface area contributed by atoms with Crippen LogP contribution in [-0.2, 0) is 11.3 Å². The van der Waals surface area contributed by atoms with Gasteiger partial charge in [0.05, 0.1) is 17.9 Å². The van der Waals surface area contributed by atoms with E-state index in [1.54, 1.807) is 24.3 Å². The average molecular weight is 425 g/mol. The number of hydrogen-bond donors (Lipinski definition) is 1. The summed E-state index contributed by atoms with van der Waals surface area (Å²) in [6.07, 6.45) is -3.37. The zero-order chi connectivity index (χ0) is 21.0. The predicted octanol–water partition coefficient (Wildman–Crippen LogP) is 3.47. The Hall–Kier alpha value is -3.08. The number of rotatable bonds is 6. The van der Waals surface area contributed by atoms with E-state index in [1.165, 1.54) is 12.1 Å². The molecular formula is C18H14F3N3O4S. The lowest BCUT2D eigenvalue weighted by atomic mass is 10.2. The summed E-state index contributed by atoms with van der Waals surface area (Å²) in [4.78, 5) is 40.3. The van der Waals surface area contributed by atoms with Gasteiger partial charge >= 0.3 is 6.18 Å². The third-order valence-electron chi connectivity index (χ3n) is 3.78. The molecule has 1 fully saturated rings. The second-order valence-corrected chi connectivity index (χ2v) is 6.90. The lowest BCUT2D eigenvalue weighted by Crippen LogP contribution is -2.27. The number of pyridine rings is 1. The number of benzene rings is 1. The van der Waals surface area contributed by atoms with Gasteiger partial charge in [-0.05, 0) is 23.8 Å². The Morgan fingerprint density at radius 1 is 1.17 bits per heavy atom. The Labute approximate surface area is 167 Å². The number of aromatic nitrogens is 1. The van der Waals surface area contributed by atoms with E-state index < -0.39 is 18.7 Å². The van der Waals surface area contributed by atoms with Crippen LogP contribution in [0, 0.1) is 0 Å². The molecule has 3 rings (SSSR count). The van der Waals surface area contributed by atoms with Gasteiger partial charge in [-0.25, -0.2) is 4.98 Å². The molecule has 7 nitrogen and oxygen atoms in total. The van der Waals surface area contributed by atoms with Crippen LogP contribution in [0.25, 0.3) is 0 Å². The van der Waals surface area contributed by atoms with Crippen molar-refractivity contribution in [1.29, 1.82) is 0 Å². The molecule has 0 aliphatic carbocycles. The van der Waals surface area contributed by atoms with Crippen molar-refractivity contribution in [3.8, 4) is 5.88 Å². The van der Waals surface area contributed by atoms with E-state index in [9.17, 15) is 27.6 Å². The second-order valence-electron chi connectivity index (χ2n) is 5.97. The van der Waals surface area contributed by atoms with E-state index in [2.05, 4.69) is 15.0 Å². The molecule has 3 amide bonds. The van der Waals surface area contributed by atoms with Crippen LogP contribution in [0.4, 0.5) is 23.7 Å². The summed E-state index contributed by atoms with van der Waals surface area (Å²) in [6, 6.07) is 9.03. The number of carbonyl (C=O) groups excluding carboxylic acids is 3. The third-order valence-corrected chi connectivity index (χ3v) is 4.63. The zero-order valence-electron chi connectivity index (χ0n) is 14.7. The fourth-order valence-electron chi connectivity index (χ4n) is 2.37. The molecule has 1 aromatic carbocycles. The number of hydrogen-bond acceptors (Lipinski definition) is 6. The molecule has 29 heavy (non-hydrogen) atoms. The molecule has 2 heterocycles. The molecule has 0 unspecified atom stereocenters. The summed E-state index contributed by atoms with van der Waals surface area (Å²) in [5.41, 5.74) is 1.32. The molecule has 0 radical (unpaired) electrons. The van der Waals surface area contributed by atoms with Gasteiger partial charge in [0.15, 0.2) is 6.61 Å². The zero-order valence-corrected chi connectivity index (χ0v) is 15.5. The molecule has 0 bridgehead atoms. The summed E-state index contributed by atoms with van der Waals surface area (Å²) in [5.74, 6) is -0.852. The van der Waals surface area contributed by atoms with Crippen molar-refractivity contribution in [2.24, 2.45) is 0 Å². The van der Waals surface area contributed by atoms with Crippen LogP contribution in [-0.4, -0.2) is 45.5 Å². The number of imide groups is 1. The van der Waals surface area contributed by atoms with E-state index in [4.69, 9.17) is 0 Å². The molecule has 1 aliphatic rings. The highest BCUT2D eigenvalue weighted by Crippen LogP contribution is 2.22. The number of carbonyl (C=O) groups is 3. The summed E-state index contributed by atoms with van der Waals surface area (Å²) < 4.78 is 40.8. The maximum Gasteiger partial charge on any atom is 0.422 e. The van der Waals surface area contributed by atoms with Crippen LogP contribution < -0.4 is 10.1 Å². The Balaban J connectivity index is 1.56. The third kappa shape index (κ3) is 5.70. The number of alkyl halides is 3. The van der Waals surface area contributed by atoms with Gasteiger partial charge in [0.1, 0.15) is 0 Å². The van der Waals surface area contributed by atoms with E-state index in [0.29, 0.717) is 5.69 Å². The van der Waals surface area contributed by atoms with E-state index in [-0.39, 0.29) is 34.9 Å². The maximum absolute atomic E-state index is 12.2. The molecule has 1 N–H and O–H groups in total. The van der Waals surface area contributed by atoms with Crippen LogP contribution in [0.15, 0.2) is 42.6 Å². The number of amides is 3. The predicted molar refractivity (Wildman–Crippen MR) is 98.6 cm³/mol. The first-order chi connectivity index (χ1) is 13.7. The van der Waals surface area contributed by atoms with E-state index >= 15 is 0 Å². The van der Waals surface area contributed by atoms with Crippen LogP contribution in [0.2, 0.25) is 0 Å². The lowest BCUT2D eigenvalue weighted by molar-refractivity contribution is -0.154. The minimum absolute atomic E-state index is 0.138. The maximum atomic E-state index is 12.2. The van der Waals surface area contributed by atoms with Gasteiger partial charge < -0.3 is 10.1 Å². The molecule has 0 atom stereocenters. The monoisotopic (exact) mass is 425 g/mol. The van der Waals surface area contributed by atoms with Crippen molar-refractivity contribution in [2.45, 2.75) is 12.7 Å². The Morgan fingerprint density at radius 2 is 1.90 bits per heavy atom. The molecule has 1 aromatic heterocycles. The van der Waals surface area contributed by atoms with Gasteiger partial charge in [-0.3, -0.25) is 19.3 Å². The fourth-order valence-corrected chi connectivity index (χ4v) is 3.09. The van der Waals surface area contributed by atoms with Crippen molar-refractivity contribution in [3.63, 3.8) is 0 Å². The molecule has 0 spiro atoms. The van der Waals surface area contributed by atoms with E-state index in [1.807, 2.05) is 0 Å². The second kappa shape index (κ2) is 8.52. The minimum Gasteiger partial charge on any atom is -0.468 e. The van der Waals surface area contributed by atoms with Gasteiger partial charge in [-0.1, -0.05) is 23.9 Å². The van der Waals surface area contributed by atoms with Gasteiger partial charge in [-0.15, -0.1) is 0 Å². The molecule has 1 saturated heterocycles. The number of halogens is 3. The van der Waals surface area contributed by atoms with Crippen LogP contribution in [0.5, 0.6) is 5.88 Å². The smallest absolute Gasteiger partial charge is 0.422 e. The first kappa shape index (κ1) is 20.6. The molecule has 11 heteroatoms.